The van der Waals surface area contributed by atoms with E-state index in [4.69, 9.17) is 10.00 Å². The standard InChI is InChI=1S/C16H12F3NO2/c1-10-7-11(8-12(9-20)15(10)21-2)13-5-3-4-6-14(13)22-16(17,18)19/h3-8H,1-2H3. The average molecular weight is 307 g/mol. The van der Waals surface area contributed by atoms with Crippen LogP contribution in [0.5, 0.6) is 11.5 Å². The zero-order chi connectivity index (χ0) is 16.3. The number of halogens is 3. The maximum absolute atomic E-state index is 12.5. The Morgan fingerprint density at radius 3 is 2.41 bits per heavy atom. The van der Waals surface area contributed by atoms with Crippen LogP contribution in [0.3, 0.4) is 0 Å². The number of methoxy groups -OCH3 is 1. The molecule has 3 nitrogen and oxygen atoms in total. The molecule has 0 aromatic heterocycles. The molecule has 0 N–H and O–H groups in total. The Bertz CT molecular complexity index is 733. The molecule has 0 heterocycles. The van der Waals surface area contributed by atoms with E-state index in [0.29, 0.717) is 16.9 Å². The number of aryl methyl sites for hydroxylation is 1. The predicted octanol–water partition coefficient (Wildman–Crippen LogP) is 4.44. The van der Waals surface area contributed by atoms with Crippen LogP contribution in [0.2, 0.25) is 0 Å². The van der Waals surface area contributed by atoms with Gasteiger partial charge in [-0.2, -0.15) is 5.26 Å². The van der Waals surface area contributed by atoms with Crippen molar-refractivity contribution in [1.29, 1.82) is 5.26 Å². The molecule has 0 radical (unpaired) electrons. The fourth-order valence-corrected chi connectivity index (χ4v) is 2.20. The first-order chi connectivity index (χ1) is 10.4. The van der Waals surface area contributed by atoms with Gasteiger partial charge in [0.2, 0.25) is 0 Å². The Labute approximate surface area is 125 Å². The number of ether oxygens (including phenoxy) is 2. The largest absolute Gasteiger partial charge is 0.573 e. The Hall–Kier alpha value is -2.68. The van der Waals surface area contributed by atoms with Crippen LogP contribution in [-0.2, 0) is 0 Å². The van der Waals surface area contributed by atoms with Crippen molar-refractivity contribution >= 4 is 0 Å². The fraction of sp³-hybridized carbons (Fsp3) is 0.188. The second kappa shape index (κ2) is 5.98. The third-order valence-electron chi connectivity index (χ3n) is 3.02. The molecule has 0 spiro atoms. The number of rotatable bonds is 3. The monoisotopic (exact) mass is 307 g/mol. The highest BCUT2D eigenvalue weighted by Gasteiger charge is 2.32. The molecular weight excluding hydrogens is 295 g/mol. The summed E-state index contributed by atoms with van der Waals surface area (Å²) in [5, 5.41) is 9.16. The highest BCUT2D eigenvalue weighted by atomic mass is 19.4. The second-order valence-corrected chi connectivity index (χ2v) is 4.53. The van der Waals surface area contributed by atoms with Gasteiger partial charge in [0.25, 0.3) is 0 Å². The summed E-state index contributed by atoms with van der Waals surface area (Å²) in [6, 6.07) is 10.9. The van der Waals surface area contributed by atoms with Crippen molar-refractivity contribution in [1.82, 2.24) is 0 Å². The zero-order valence-electron chi connectivity index (χ0n) is 11.9. The molecule has 0 aliphatic rings. The summed E-state index contributed by atoms with van der Waals surface area (Å²) in [7, 11) is 1.43. The number of para-hydroxylation sites is 1. The van der Waals surface area contributed by atoms with Crippen LogP contribution in [0, 0.1) is 18.3 Å². The molecule has 0 aliphatic heterocycles. The van der Waals surface area contributed by atoms with Crippen LogP contribution in [0.15, 0.2) is 36.4 Å². The molecule has 6 heteroatoms. The van der Waals surface area contributed by atoms with Gasteiger partial charge in [-0.25, -0.2) is 0 Å². The van der Waals surface area contributed by atoms with Gasteiger partial charge >= 0.3 is 6.36 Å². The van der Waals surface area contributed by atoms with Gasteiger partial charge in [0, 0.05) is 5.56 Å². The smallest absolute Gasteiger partial charge is 0.495 e. The summed E-state index contributed by atoms with van der Waals surface area (Å²) in [6.07, 6.45) is -4.78. The van der Waals surface area contributed by atoms with Gasteiger partial charge in [0.15, 0.2) is 0 Å². The topological polar surface area (TPSA) is 42.2 Å². The van der Waals surface area contributed by atoms with Gasteiger partial charge in [-0.05, 0) is 36.2 Å². The second-order valence-electron chi connectivity index (χ2n) is 4.53. The van der Waals surface area contributed by atoms with Crippen molar-refractivity contribution in [3.63, 3.8) is 0 Å². The first-order valence-electron chi connectivity index (χ1n) is 6.29. The third kappa shape index (κ3) is 3.31. The molecule has 114 valence electrons. The molecule has 0 saturated heterocycles. The van der Waals surface area contributed by atoms with Crippen LogP contribution in [0.4, 0.5) is 13.2 Å². The van der Waals surface area contributed by atoms with Gasteiger partial charge in [-0.15, -0.1) is 13.2 Å². The van der Waals surface area contributed by atoms with Crippen molar-refractivity contribution in [3.8, 4) is 28.7 Å². The number of alkyl halides is 3. The molecule has 0 aliphatic carbocycles. The Morgan fingerprint density at radius 1 is 1.14 bits per heavy atom. The molecule has 0 bridgehead atoms. The molecule has 0 fully saturated rings. The zero-order valence-corrected chi connectivity index (χ0v) is 11.9. The van der Waals surface area contributed by atoms with Crippen LogP contribution in [-0.4, -0.2) is 13.5 Å². The highest BCUT2D eigenvalue weighted by Crippen LogP contribution is 2.36. The van der Waals surface area contributed by atoms with Crippen LogP contribution in [0.1, 0.15) is 11.1 Å². The quantitative estimate of drug-likeness (QED) is 0.842. The van der Waals surface area contributed by atoms with E-state index in [2.05, 4.69) is 4.74 Å². The molecule has 22 heavy (non-hydrogen) atoms. The normalized spacial score (nSPS) is 10.9. The van der Waals surface area contributed by atoms with Gasteiger partial charge in [-0.3, -0.25) is 0 Å². The lowest BCUT2D eigenvalue weighted by molar-refractivity contribution is -0.274. The van der Waals surface area contributed by atoms with Gasteiger partial charge < -0.3 is 9.47 Å². The minimum atomic E-state index is -4.78. The molecule has 0 saturated carbocycles. The molecule has 0 unspecified atom stereocenters. The molecular formula is C16H12F3NO2. The summed E-state index contributed by atoms with van der Waals surface area (Å²) in [4.78, 5) is 0. The highest BCUT2D eigenvalue weighted by molar-refractivity contribution is 5.74. The molecule has 0 amide bonds. The first kappa shape index (κ1) is 15.7. The number of nitrogens with zero attached hydrogens (tertiary/aromatic N) is 1. The fourth-order valence-electron chi connectivity index (χ4n) is 2.20. The number of hydrogen-bond acceptors (Lipinski definition) is 3. The lowest BCUT2D eigenvalue weighted by atomic mass is 9.99. The van der Waals surface area contributed by atoms with Gasteiger partial charge in [0.1, 0.15) is 17.6 Å². The van der Waals surface area contributed by atoms with E-state index in [1.807, 2.05) is 6.07 Å². The summed E-state index contributed by atoms with van der Waals surface area (Å²) < 4.78 is 46.6. The van der Waals surface area contributed by atoms with E-state index in [0.717, 1.165) is 0 Å². The van der Waals surface area contributed by atoms with E-state index in [1.54, 1.807) is 19.1 Å². The van der Waals surface area contributed by atoms with Crippen molar-refractivity contribution in [2.75, 3.05) is 7.11 Å². The maximum Gasteiger partial charge on any atom is 0.573 e. The van der Waals surface area contributed by atoms with Crippen molar-refractivity contribution in [2.45, 2.75) is 13.3 Å². The van der Waals surface area contributed by atoms with E-state index >= 15 is 0 Å². The lowest BCUT2D eigenvalue weighted by Crippen LogP contribution is -2.17. The molecule has 2 aromatic carbocycles. The SMILES string of the molecule is COc1c(C)cc(-c2ccccc2OC(F)(F)F)cc1C#N. The van der Waals surface area contributed by atoms with Crippen molar-refractivity contribution in [3.05, 3.63) is 47.5 Å². The minimum Gasteiger partial charge on any atom is -0.495 e. The predicted molar refractivity (Wildman–Crippen MR) is 74.6 cm³/mol. The van der Waals surface area contributed by atoms with Crippen molar-refractivity contribution < 1.29 is 22.6 Å². The van der Waals surface area contributed by atoms with E-state index in [1.165, 1.54) is 31.4 Å². The third-order valence-corrected chi connectivity index (χ3v) is 3.02. The Kier molecular flexibility index (Phi) is 4.27. The van der Waals surface area contributed by atoms with Crippen LogP contribution < -0.4 is 9.47 Å². The summed E-state index contributed by atoms with van der Waals surface area (Å²) >= 11 is 0. The van der Waals surface area contributed by atoms with E-state index in [-0.39, 0.29) is 16.9 Å². The Balaban J connectivity index is 2.58. The molecule has 2 rings (SSSR count). The number of nitriles is 1. The van der Waals surface area contributed by atoms with E-state index < -0.39 is 6.36 Å². The minimum absolute atomic E-state index is 0.249. The lowest BCUT2D eigenvalue weighted by Gasteiger charge is -2.15. The maximum atomic E-state index is 12.5. The molecule has 0 atom stereocenters. The summed E-state index contributed by atoms with van der Waals surface area (Å²) in [5.41, 5.74) is 1.61. The Morgan fingerprint density at radius 2 is 1.82 bits per heavy atom. The van der Waals surface area contributed by atoms with Crippen LogP contribution in [0.25, 0.3) is 11.1 Å². The van der Waals surface area contributed by atoms with E-state index in [9.17, 15) is 13.2 Å². The molecule has 2 aromatic rings. The summed E-state index contributed by atoms with van der Waals surface area (Å²) in [5.74, 6) is 0.0870. The van der Waals surface area contributed by atoms with Gasteiger partial charge in [-0.1, -0.05) is 18.2 Å². The average Bonchev–Trinajstić information content (AvgIpc) is 2.45. The van der Waals surface area contributed by atoms with Crippen molar-refractivity contribution in [2.24, 2.45) is 0 Å². The number of hydrogen-bond donors (Lipinski definition) is 0. The first-order valence-corrected chi connectivity index (χ1v) is 6.29. The number of benzene rings is 2. The van der Waals surface area contributed by atoms with Gasteiger partial charge in [0.05, 0.1) is 12.7 Å². The summed E-state index contributed by atoms with van der Waals surface area (Å²) in [6.45, 7) is 1.72. The van der Waals surface area contributed by atoms with Crippen LogP contribution >= 0.6 is 0 Å².